The molecule has 0 atom stereocenters. The summed E-state index contributed by atoms with van der Waals surface area (Å²) in [7, 11) is 1.67. The fourth-order valence-electron chi connectivity index (χ4n) is 1.51. The molecule has 7 heteroatoms. The minimum Gasteiger partial charge on any atom is -0.380 e. The van der Waals surface area contributed by atoms with Gasteiger partial charge in [-0.15, -0.1) is 0 Å². The lowest BCUT2D eigenvalue weighted by molar-refractivity contribution is -0.384. The topological polar surface area (TPSA) is 89.3 Å². The van der Waals surface area contributed by atoms with E-state index in [2.05, 4.69) is 29.5 Å². The molecular formula is C13H22N4O3. The first-order chi connectivity index (χ1) is 9.52. The van der Waals surface area contributed by atoms with Gasteiger partial charge in [0.2, 0.25) is 0 Å². The van der Waals surface area contributed by atoms with E-state index in [0.717, 1.165) is 13.0 Å². The van der Waals surface area contributed by atoms with Crippen LogP contribution in [-0.2, 0) is 4.74 Å². The Morgan fingerprint density at radius 2 is 2.05 bits per heavy atom. The Bertz CT molecular complexity index is 438. The number of hydrogen-bond acceptors (Lipinski definition) is 6. The first-order valence-electron chi connectivity index (χ1n) is 6.68. The Labute approximate surface area is 118 Å². The van der Waals surface area contributed by atoms with Crippen molar-refractivity contribution in [3.05, 3.63) is 22.2 Å². The number of aromatic nitrogens is 1. The SMILES string of the molecule is CNc1cc([N+](=O)[O-])cc(NCCOCCC(C)C)n1. The molecule has 0 aliphatic heterocycles. The summed E-state index contributed by atoms with van der Waals surface area (Å²) >= 11 is 0. The van der Waals surface area contributed by atoms with Crippen LogP contribution in [0.1, 0.15) is 20.3 Å². The van der Waals surface area contributed by atoms with Crippen molar-refractivity contribution in [2.45, 2.75) is 20.3 Å². The number of anilines is 2. The second-order valence-corrected chi connectivity index (χ2v) is 4.82. The summed E-state index contributed by atoms with van der Waals surface area (Å²) < 4.78 is 5.46. The molecule has 1 heterocycles. The zero-order valence-corrected chi connectivity index (χ0v) is 12.2. The van der Waals surface area contributed by atoms with Gasteiger partial charge in [0.15, 0.2) is 0 Å². The van der Waals surface area contributed by atoms with E-state index >= 15 is 0 Å². The van der Waals surface area contributed by atoms with Crippen LogP contribution < -0.4 is 10.6 Å². The normalized spacial score (nSPS) is 10.6. The highest BCUT2D eigenvalue weighted by Gasteiger charge is 2.10. The molecule has 0 saturated carbocycles. The first-order valence-corrected chi connectivity index (χ1v) is 6.68. The quantitative estimate of drug-likeness (QED) is 0.411. The molecule has 0 saturated heterocycles. The smallest absolute Gasteiger partial charge is 0.276 e. The Kier molecular flexibility index (Phi) is 6.72. The van der Waals surface area contributed by atoms with Gasteiger partial charge in [0.1, 0.15) is 11.6 Å². The van der Waals surface area contributed by atoms with Crippen LogP contribution in [0.15, 0.2) is 12.1 Å². The van der Waals surface area contributed by atoms with Crippen LogP contribution in [0.4, 0.5) is 17.3 Å². The van der Waals surface area contributed by atoms with E-state index < -0.39 is 4.92 Å². The van der Waals surface area contributed by atoms with E-state index in [9.17, 15) is 10.1 Å². The molecule has 0 bridgehead atoms. The molecule has 0 fully saturated rings. The molecule has 2 N–H and O–H groups in total. The lowest BCUT2D eigenvalue weighted by atomic mass is 10.1. The number of hydrogen-bond donors (Lipinski definition) is 2. The molecule has 20 heavy (non-hydrogen) atoms. The van der Waals surface area contributed by atoms with Gasteiger partial charge in [-0.05, 0) is 12.3 Å². The van der Waals surface area contributed by atoms with E-state index in [4.69, 9.17) is 4.74 Å². The monoisotopic (exact) mass is 282 g/mol. The summed E-state index contributed by atoms with van der Waals surface area (Å²) in [5.74, 6) is 1.55. The van der Waals surface area contributed by atoms with Crippen LogP contribution in [-0.4, -0.2) is 36.7 Å². The van der Waals surface area contributed by atoms with Crippen molar-refractivity contribution in [3.8, 4) is 0 Å². The number of pyridine rings is 1. The van der Waals surface area contributed by atoms with Gasteiger partial charge in [-0.3, -0.25) is 10.1 Å². The van der Waals surface area contributed by atoms with Gasteiger partial charge in [-0.25, -0.2) is 4.98 Å². The van der Waals surface area contributed by atoms with Gasteiger partial charge in [0, 0.05) is 20.2 Å². The van der Waals surface area contributed by atoms with Crippen molar-refractivity contribution in [1.29, 1.82) is 0 Å². The summed E-state index contributed by atoms with van der Waals surface area (Å²) in [6.45, 7) is 6.13. The van der Waals surface area contributed by atoms with Crippen LogP contribution in [0.5, 0.6) is 0 Å². The minimum absolute atomic E-state index is 0.00701. The maximum atomic E-state index is 10.8. The molecule has 0 spiro atoms. The minimum atomic E-state index is -0.438. The van der Waals surface area contributed by atoms with E-state index in [0.29, 0.717) is 30.7 Å². The molecule has 0 aromatic carbocycles. The lowest BCUT2D eigenvalue weighted by Crippen LogP contribution is -2.12. The van der Waals surface area contributed by atoms with Crippen molar-refractivity contribution in [2.24, 2.45) is 5.92 Å². The Morgan fingerprint density at radius 3 is 2.65 bits per heavy atom. The van der Waals surface area contributed by atoms with Crippen molar-refractivity contribution in [1.82, 2.24) is 4.98 Å². The molecule has 0 unspecified atom stereocenters. The van der Waals surface area contributed by atoms with Gasteiger partial charge < -0.3 is 15.4 Å². The first kappa shape index (κ1) is 16.2. The van der Waals surface area contributed by atoms with Gasteiger partial charge in [0.05, 0.1) is 23.7 Å². The molecule has 112 valence electrons. The molecule has 0 aliphatic rings. The fourth-order valence-corrected chi connectivity index (χ4v) is 1.51. The maximum absolute atomic E-state index is 10.8. The molecule has 0 amide bonds. The molecule has 0 radical (unpaired) electrons. The third-order valence-electron chi connectivity index (χ3n) is 2.67. The predicted molar refractivity (Wildman–Crippen MR) is 79.2 cm³/mol. The van der Waals surface area contributed by atoms with Gasteiger partial charge >= 0.3 is 0 Å². The summed E-state index contributed by atoms with van der Waals surface area (Å²) in [4.78, 5) is 14.6. The van der Waals surface area contributed by atoms with Crippen molar-refractivity contribution in [2.75, 3.05) is 37.4 Å². The van der Waals surface area contributed by atoms with Gasteiger partial charge in [-0.1, -0.05) is 13.8 Å². The molecule has 1 aromatic heterocycles. The van der Waals surface area contributed by atoms with Crippen LogP contribution in [0.2, 0.25) is 0 Å². The highest BCUT2D eigenvalue weighted by Crippen LogP contribution is 2.19. The van der Waals surface area contributed by atoms with Crippen molar-refractivity contribution < 1.29 is 9.66 Å². The highest BCUT2D eigenvalue weighted by molar-refractivity contribution is 5.54. The lowest BCUT2D eigenvalue weighted by Gasteiger charge is -2.09. The van der Waals surface area contributed by atoms with Crippen LogP contribution >= 0.6 is 0 Å². The highest BCUT2D eigenvalue weighted by atomic mass is 16.6. The zero-order valence-electron chi connectivity index (χ0n) is 12.2. The Morgan fingerprint density at radius 1 is 1.35 bits per heavy atom. The summed E-state index contributed by atoms with van der Waals surface area (Å²) in [6, 6.07) is 2.80. The summed E-state index contributed by atoms with van der Waals surface area (Å²) in [5.41, 5.74) is 0.00701. The fraction of sp³-hybridized carbons (Fsp3) is 0.615. The van der Waals surface area contributed by atoms with Crippen LogP contribution in [0.3, 0.4) is 0 Å². The van der Waals surface area contributed by atoms with E-state index in [1.54, 1.807) is 7.05 Å². The van der Waals surface area contributed by atoms with E-state index in [1.165, 1.54) is 12.1 Å². The molecule has 1 rings (SSSR count). The van der Waals surface area contributed by atoms with Crippen molar-refractivity contribution >= 4 is 17.3 Å². The van der Waals surface area contributed by atoms with E-state index in [1.807, 2.05) is 0 Å². The van der Waals surface area contributed by atoms with Crippen LogP contribution in [0, 0.1) is 16.0 Å². The van der Waals surface area contributed by atoms with Gasteiger partial charge in [0.25, 0.3) is 5.69 Å². The van der Waals surface area contributed by atoms with Crippen LogP contribution in [0.25, 0.3) is 0 Å². The zero-order chi connectivity index (χ0) is 15.0. The predicted octanol–water partition coefficient (Wildman–Crippen LogP) is 2.51. The number of ether oxygens (including phenoxy) is 1. The number of nitrogens with zero attached hydrogens (tertiary/aromatic N) is 2. The number of nitrogens with one attached hydrogen (secondary N) is 2. The maximum Gasteiger partial charge on any atom is 0.276 e. The third kappa shape index (κ3) is 5.83. The second-order valence-electron chi connectivity index (χ2n) is 4.82. The molecule has 0 aliphatic carbocycles. The van der Waals surface area contributed by atoms with E-state index in [-0.39, 0.29) is 5.69 Å². The van der Waals surface area contributed by atoms with Gasteiger partial charge in [-0.2, -0.15) is 0 Å². The third-order valence-corrected chi connectivity index (χ3v) is 2.67. The molecule has 1 aromatic rings. The second kappa shape index (κ2) is 8.31. The Balaban J connectivity index is 2.43. The average molecular weight is 282 g/mol. The average Bonchev–Trinajstić information content (AvgIpc) is 2.41. The number of rotatable bonds is 9. The molecular weight excluding hydrogens is 260 g/mol. The largest absolute Gasteiger partial charge is 0.380 e. The summed E-state index contributed by atoms with van der Waals surface area (Å²) in [5, 5.41) is 16.6. The number of nitro groups is 1. The standard InChI is InChI=1S/C13H22N4O3/c1-10(2)4-6-20-7-5-15-13-9-11(17(18)19)8-12(14-3)16-13/h8-10H,4-7H2,1-3H3,(H2,14,15,16). The summed E-state index contributed by atoms with van der Waals surface area (Å²) in [6.07, 6.45) is 1.03. The molecule has 7 nitrogen and oxygen atoms in total. The van der Waals surface area contributed by atoms with Crippen molar-refractivity contribution in [3.63, 3.8) is 0 Å². The Hall–Kier alpha value is -1.89.